The van der Waals surface area contributed by atoms with Crippen molar-refractivity contribution in [3.8, 4) is 0 Å². The summed E-state index contributed by atoms with van der Waals surface area (Å²) in [4.78, 5) is 6.79. The van der Waals surface area contributed by atoms with Crippen molar-refractivity contribution in [2.45, 2.75) is 6.10 Å². The molecule has 2 rings (SSSR count). The average Bonchev–Trinajstić information content (AvgIpc) is 2.75. The van der Waals surface area contributed by atoms with E-state index in [1.54, 1.807) is 19.4 Å². The van der Waals surface area contributed by atoms with Crippen LogP contribution in [0.2, 0.25) is 0 Å². The van der Waals surface area contributed by atoms with Gasteiger partial charge >= 0.3 is 0 Å². The maximum Gasteiger partial charge on any atom is 0.156 e. The molecule has 6 nitrogen and oxygen atoms in total. The lowest BCUT2D eigenvalue weighted by Gasteiger charge is -2.07. The standard InChI is InChI=1S/C7H8BrN5O/c1-13-4(6(8)11-12-13)5(14)7-9-2-3-10-7/h2-3,5,14H,1H3,(H,9,10). The van der Waals surface area contributed by atoms with Crippen LogP contribution >= 0.6 is 15.9 Å². The topological polar surface area (TPSA) is 79.6 Å². The first-order valence-corrected chi connectivity index (χ1v) is 4.72. The smallest absolute Gasteiger partial charge is 0.156 e. The van der Waals surface area contributed by atoms with E-state index in [2.05, 4.69) is 36.2 Å². The predicted octanol–water partition coefficient (Wildman–Crippen LogP) is 0.382. The monoisotopic (exact) mass is 257 g/mol. The summed E-state index contributed by atoms with van der Waals surface area (Å²) in [6, 6.07) is 0. The molecule has 1 atom stereocenters. The summed E-state index contributed by atoms with van der Waals surface area (Å²) in [7, 11) is 1.71. The number of aromatic amines is 1. The van der Waals surface area contributed by atoms with E-state index < -0.39 is 6.10 Å². The third-order valence-corrected chi connectivity index (χ3v) is 2.43. The molecule has 0 aliphatic heterocycles. The largest absolute Gasteiger partial charge is 0.379 e. The van der Waals surface area contributed by atoms with Gasteiger partial charge in [-0.2, -0.15) is 0 Å². The van der Waals surface area contributed by atoms with Crippen LogP contribution in [0.4, 0.5) is 0 Å². The first-order valence-electron chi connectivity index (χ1n) is 3.92. The predicted molar refractivity (Wildman–Crippen MR) is 51.4 cm³/mol. The Hall–Kier alpha value is -1.21. The number of aryl methyl sites for hydroxylation is 1. The highest BCUT2D eigenvalue weighted by Gasteiger charge is 2.20. The molecule has 0 saturated carbocycles. The van der Waals surface area contributed by atoms with Gasteiger partial charge in [-0.3, -0.25) is 0 Å². The van der Waals surface area contributed by atoms with Crippen molar-refractivity contribution < 1.29 is 5.11 Å². The zero-order valence-electron chi connectivity index (χ0n) is 7.35. The molecule has 0 saturated heterocycles. The normalized spacial score (nSPS) is 13.1. The van der Waals surface area contributed by atoms with Gasteiger partial charge in [0.2, 0.25) is 0 Å². The molecule has 2 aromatic rings. The lowest BCUT2D eigenvalue weighted by Crippen LogP contribution is -2.08. The fraction of sp³-hybridized carbons (Fsp3) is 0.286. The summed E-state index contributed by atoms with van der Waals surface area (Å²) in [5.41, 5.74) is 0.569. The highest BCUT2D eigenvalue weighted by Crippen LogP contribution is 2.23. The molecule has 1 unspecified atom stereocenters. The van der Waals surface area contributed by atoms with E-state index in [1.165, 1.54) is 4.68 Å². The third-order valence-electron chi connectivity index (χ3n) is 1.86. The van der Waals surface area contributed by atoms with Gasteiger partial charge in [0.05, 0.1) is 0 Å². The van der Waals surface area contributed by atoms with Gasteiger partial charge in [0.25, 0.3) is 0 Å². The molecule has 7 heteroatoms. The number of hydrogen-bond acceptors (Lipinski definition) is 4. The van der Waals surface area contributed by atoms with E-state index in [9.17, 15) is 5.11 Å². The number of nitrogens with zero attached hydrogens (tertiary/aromatic N) is 4. The van der Waals surface area contributed by atoms with Crippen molar-refractivity contribution in [1.82, 2.24) is 25.0 Å². The molecule has 2 heterocycles. The summed E-state index contributed by atoms with van der Waals surface area (Å²) in [6.07, 6.45) is 2.38. The molecule has 0 aliphatic rings. The lowest BCUT2D eigenvalue weighted by atomic mass is 10.2. The van der Waals surface area contributed by atoms with E-state index in [4.69, 9.17) is 0 Å². The average molecular weight is 258 g/mol. The van der Waals surface area contributed by atoms with Crippen molar-refractivity contribution in [3.05, 3.63) is 28.5 Å². The van der Waals surface area contributed by atoms with Gasteiger partial charge in [-0.25, -0.2) is 9.67 Å². The first-order chi connectivity index (χ1) is 6.70. The molecule has 2 aromatic heterocycles. The summed E-state index contributed by atoms with van der Waals surface area (Å²) < 4.78 is 2.01. The number of H-pyrrole nitrogens is 1. The number of rotatable bonds is 2. The molecule has 0 bridgehead atoms. The molecule has 0 fully saturated rings. The summed E-state index contributed by atoms with van der Waals surface area (Å²) in [5, 5.41) is 17.4. The molecule has 74 valence electrons. The van der Waals surface area contributed by atoms with Crippen LogP contribution in [0.1, 0.15) is 17.6 Å². The van der Waals surface area contributed by atoms with Crippen LogP contribution in [-0.4, -0.2) is 30.1 Å². The molecule has 0 aromatic carbocycles. The number of aliphatic hydroxyl groups excluding tert-OH is 1. The summed E-state index contributed by atoms with van der Waals surface area (Å²) >= 11 is 3.21. The van der Waals surface area contributed by atoms with Gasteiger partial charge in [-0.1, -0.05) is 5.21 Å². The van der Waals surface area contributed by atoms with E-state index in [0.29, 0.717) is 16.1 Å². The van der Waals surface area contributed by atoms with Gasteiger partial charge in [0, 0.05) is 19.4 Å². The Bertz CT molecular complexity index is 404. The maximum absolute atomic E-state index is 9.91. The van der Waals surface area contributed by atoms with Crippen molar-refractivity contribution in [2.75, 3.05) is 0 Å². The zero-order valence-corrected chi connectivity index (χ0v) is 8.93. The Balaban J connectivity index is 2.41. The third kappa shape index (κ3) is 1.44. The second-order valence-electron chi connectivity index (χ2n) is 2.77. The van der Waals surface area contributed by atoms with E-state index in [0.717, 1.165) is 0 Å². The highest BCUT2D eigenvalue weighted by atomic mass is 79.9. The van der Waals surface area contributed by atoms with Crippen LogP contribution < -0.4 is 0 Å². The van der Waals surface area contributed by atoms with Crippen molar-refractivity contribution in [2.24, 2.45) is 7.05 Å². The number of aromatic nitrogens is 5. The van der Waals surface area contributed by atoms with Crippen LogP contribution in [0.5, 0.6) is 0 Å². The molecule has 14 heavy (non-hydrogen) atoms. The van der Waals surface area contributed by atoms with Crippen LogP contribution in [0.15, 0.2) is 17.0 Å². The number of imidazole rings is 1. The minimum absolute atomic E-state index is 0.469. The Kier molecular flexibility index (Phi) is 2.34. The van der Waals surface area contributed by atoms with Gasteiger partial charge in [-0.05, 0) is 15.9 Å². The number of nitrogens with one attached hydrogen (secondary N) is 1. The Morgan fingerprint density at radius 3 is 2.93 bits per heavy atom. The number of aliphatic hydroxyl groups is 1. The Labute approximate surface area is 88.1 Å². The number of hydrogen-bond donors (Lipinski definition) is 2. The Morgan fingerprint density at radius 1 is 1.64 bits per heavy atom. The lowest BCUT2D eigenvalue weighted by molar-refractivity contribution is 0.200. The van der Waals surface area contributed by atoms with Crippen LogP contribution in [-0.2, 0) is 7.05 Å². The molecular weight excluding hydrogens is 250 g/mol. The zero-order chi connectivity index (χ0) is 10.1. The fourth-order valence-corrected chi connectivity index (χ4v) is 1.73. The molecule has 2 N–H and O–H groups in total. The molecule has 0 aliphatic carbocycles. The van der Waals surface area contributed by atoms with Crippen molar-refractivity contribution in [3.63, 3.8) is 0 Å². The quantitative estimate of drug-likeness (QED) is 0.816. The van der Waals surface area contributed by atoms with E-state index in [-0.39, 0.29) is 0 Å². The van der Waals surface area contributed by atoms with Gasteiger partial charge in [-0.15, -0.1) is 5.10 Å². The Morgan fingerprint density at radius 2 is 2.43 bits per heavy atom. The summed E-state index contributed by atoms with van der Waals surface area (Å²) in [6.45, 7) is 0. The van der Waals surface area contributed by atoms with Crippen LogP contribution in [0, 0.1) is 0 Å². The second-order valence-corrected chi connectivity index (χ2v) is 3.52. The fourth-order valence-electron chi connectivity index (χ4n) is 1.19. The minimum Gasteiger partial charge on any atom is -0.379 e. The highest BCUT2D eigenvalue weighted by molar-refractivity contribution is 9.10. The summed E-state index contributed by atoms with van der Waals surface area (Å²) in [5.74, 6) is 0.469. The first kappa shape index (κ1) is 9.35. The van der Waals surface area contributed by atoms with Gasteiger partial charge in [0.1, 0.15) is 11.5 Å². The number of halogens is 1. The van der Waals surface area contributed by atoms with Crippen molar-refractivity contribution in [1.29, 1.82) is 0 Å². The minimum atomic E-state index is -0.848. The van der Waals surface area contributed by atoms with E-state index >= 15 is 0 Å². The molecule has 0 amide bonds. The molecule has 0 radical (unpaired) electrons. The van der Waals surface area contributed by atoms with Crippen molar-refractivity contribution >= 4 is 15.9 Å². The van der Waals surface area contributed by atoms with Gasteiger partial charge < -0.3 is 10.1 Å². The van der Waals surface area contributed by atoms with Gasteiger partial charge in [0.15, 0.2) is 10.7 Å². The molecular formula is C7H8BrN5O. The SMILES string of the molecule is Cn1nnc(Br)c1C(O)c1ncc[nH]1. The van der Waals surface area contributed by atoms with Crippen LogP contribution in [0.25, 0.3) is 0 Å². The maximum atomic E-state index is 9.91. The second kappa shape index (κ2) is 3.50. The van der Waals surface area contributed by atoms with Crippen LogP contribution in [0.3, 0.4) is 0 Å². The van der Waals surface area contributed by atoms with E-state index in [1.807, 2.05) is 0 Å². The molecule has 0 spiro atoms.